The largest absolute Gasteiger partial charge is 0.417 e. The van der Waals surface area contributed by atoms with Crippen molar-refractivity contribution in [1.82, 2.24) is 10.3 Å². The smallest absolute Gasteiger partial charge is 0.318 e. The molecule has 2 rings (SSSR count). The Morgan fingerprint density at radius 1 is 1.29 bits per heavy atom. The Morgan fingerprint density at radius 2 is 2.05 bits per heavy atom. The molecule has 1 heterocycles. The number of aromatic nitrogens is 1. The van der Waals surface area contributed by atoms with Crippen LogP contribution >= 0.6 is 0 Å². The second kappa shape index (κ2) is 6.65. The normalized spacial score (nSPS) is 23.0. The van der Waals surface area contributed by atoms with E-state index in [0.29, 0.717) is 18.5 Å². The van der Waals surface area contributed by atoms with Gasteiger partial charge in [0.2, 0.25) is 0 Å². The van der Waals surface area contributed by atoms with Crippen LogP contribution in [0.15, 0.2) is 18.3 Å². The number of ether oxygens (including phenoxy) is 1. The molecule has 1 saturated carbocycles. The van der Waals surface area contributed by atoms with Gasteiger partial charge >= 0.3 is 12.8 Å². The summed E-state index contributed by atoms with van der Waals surface area (Å²) in [4.78, 5) is 3.72. The maximum absolute atomic E-state index is 12.4. The van der Waals surface area contributed by atoms with E-state index in [1.165, 1.54) is 6.07 Å². The lowest BCUT2D eigenvalue weighted by atomic mass is 10.2. The maximum atomic E-state index is 12.4. The first-order valence-electron chi connectivity index (χ1n) is 6.55. The highest BCUT2D eigenvalue weighted by Crippen LogP contribution is 2.28. The lowest BCUT2D eigenvalue weighted by Crippen LogP contribution is -2.37. The van der Waals surface area contributed by atoms with E-state index in [0.717, 1.165) is 18.7 Å². The molecular weight excluding hydrogens is 295 g/mol. The van der Waals surface area contributed by atoms with Crippen LogP contribution in [0, 0.1) is 0 Å². The fraction of sp³-hybridized carbons (Fsp3) is 0.615. The summed E-state index contributed by atoms with van der Waals surface area (Å²) in [6, 6.07) is 1.99. The zero-order chi connectivity index (χ0) is 15.5. The minimum Gasteiger partial charge on any atom is -0.318 e. The molecule has 118 valence electrons. The molecule has 0 bridgehead atoms. The summed E-state index contributed by atoms with van der Waals surface area (Å²) >= 11 is 0. The van der Waals surface area contributed by atoms with Crippen molar-refractivity contribution in [1.29, 1.82) is 0 Å². The van der Waals surface area contributed by atoms with Crippen molar-refractivity contribution in [2.45, 2.75) is 50.7 Å². The average molecular weight is 310 g/mol. The molecule has 2 atom stereocenters. The van der Waals surface area contributed by atoms with Gasteiger partial charge in [-0.3, -0.25) is 4.98 Å². The van der Waals surface area contributed by atoms with Gasteiger partial charge in [-0.2, -0.15) is 22.0 Å². The molecule has 1 N–H and O–H groups in total. The highest BCUT2D eigenvalue weighted by Gasteiger charge is 2.31. The molecule has 1 aromatic rings. The molecule has 1 fully saturated rings. The Balaban J connectivity index is 1.88. The number of hydrogen-bond acceptors (Lipinski definition) is 3. The van der Waals surface area contributed by atoms with Crippen LogP contribution in [0.5, 0.6) is 0 Å². The lowest BCUT2D eigenvalue weighted by Gasteiger charge is -2.20. The molecular formula is C13H15F5N2O. The summed E-state index contributed by atoms with van der Waals surface area (Å²) in [5.74, 6) is 0. The molecule has 0 spiro atoms. The van der Waals surface area contributed by atoms with E-state index in [9.17, 15) is 22.0 Å². The topological polar surface area (TPSA) is 34.1 Å². The van der Waals surface area contributed by atoms with Crippen molar-refractivity contribution in [2.24, 2.45) is 0 Å². The molecule has 0 amide bonds. The SMILES string of the molecule is FC(F)O[C@H]1CCC[C@@H]1NCc1ccc(C(F)(F)F)cn1. The number of alkyl halides is 5. The van der Waals surface area contributed by atoms with Gasteiger partial charge in [0.1, 0.15) is 0 Å². The third-order valence-electron chi connectivity index (χ3n) is 3.43. The van der Waals surface area contributed by atoms with Crippen molar-refractivity contribution in [3.63, 3.8) is 0 Å². The van der Waals surface area contributed by atoms with Gasteiger partial charge in [-0.15, -0.1) is 0 Å². The van der Waals surface area contributed by atoms with E-state index in [2.05, 4.69) is 15.0 Å². The van der Waals surface area contributed by atoms with Crippen LogP contribution in [-0.4, -0.2) is 23.7 Å². The molecule has 0 radical (unpaired) electrons. The quantitative estimate of drug-likeness (QED) is 0.847. The summed E-state index contributed by atoms with van der Waals surface area (Å²) in [6.07, 6.45) is -2.21. The Morgan fingerprint density at radius 3 is 2.62 bits per heavy atom. The number of hydrogen-bond donors (Lipinski definition) is 1. The molecule has 0 aliphatic heterocycles. The third-order valence-corrected chi connectivity index (χ3v) is 3.43. The van der Waals surface area contributed by atoms with E-state index < -0.39 is 24.5 Å². The Hall–Kier alpha value is -1.28. The summed E-state index contributed by atoms with van der Waals surface area (Å²) in [6.45, 7) is -2.60. The van der Waals surface area contributed by atoms with E-state index in [4.69, 9.17) is 0 Å². The van der Waals surface area contributed by atoms with Crippen LogP contribution in [0.3, 0.4) is 0 Å². The molecule has 21 heavy (non-hydrogen) atoms. The minimum atomic E-state index is -4.42. The van der Waals surface area contributed by atoms with Crippen LogP contribution in [-0.2, 0) is 17.5 Å². The number of pyridine rings is 1. The number of rotatable bonds is 5. The van der Waals surface area contributed by atoms with E-state index in [-0.39, 0.29) is 12.6 Å². The van der Waals surface area contributed by atoms with Gasteiger partial charge < -0.3 is 10.1 Å². The number of halogens is 5. The average Bonchev–Trinajstić information content (AvgIpc) is 2.82. The van der Waals surface area contributed by atoms with Gasteiger partial charge in [0.05, 0.1) is 17.4 Å². The van der Waals surface area contributed by atoms with E-state index >= 15 is 0 Å². The predicted octanol–water partition coefficient (Wildman–Crippen LogP) is 3.35. The zero-order valence-corrected chi connectivity index (χ0v) is 11.0. The molecule has 3 nitrogen and oxygen atoms in total. The first-order chi connectivity index (χ1) is 9.86. The number of nitrogens with one attached hydrogen (secondary N) is 1. The van der Waals surface area contributed by atoms with Crippen molar-refractivity contribution in [2.75, 3.05) is 0 Å². The third kappa shape index (κ3) is 4.60. The molecule has 1 aliphatic carbocycles. The van der Waals surface area contributed by atoms with Crippen LogP contribution in [0.4, 0.5) is 22.0 Å². The van der Waals surface area contributed by atoms with Gasteiger partial charge in [0, 0.05) is 18.8 Å². The summed E-state index contributed by atoms with van der Waals surface area (Å²) in [5.41, 5.74) is -0.392. The minimum absolute atomic E-state index is 0.214. The Labute approximate surface area is 118 Å². The van der Waals surface area contributed by atoms with E-state index in [1.54, 1.807) is 0 Å². The van der Waals surface area contributed by atoms with Gasteiger partial charge in [-0.25, -0.2) is 0 Å². The standard InChI is InChI=1S/C13H15F5N2O/c14-12(15)21-11-3-1-2-10(11)20-7-9-5-4-8(6-19-9)13(16,17)18/h4-6,10-12,20H,1-3,7H2/t10-,11-/m0/s1. The molecule has 8 heteroatoms. The Bertz CT molecular complexity index is 449. The van der Waals surface area contributed by atoms with Crippen LogP contribution in [0.2, 0.25) is 0 Å². The molecule has 0 unspecified atom stereocenters. The fourth-order valence-electron chi connectivity index (χ4n) is 2.39. The van der Waals surface area contributed by atoms with Gasteiger partial charge in [0.25, 0.3) is 0 Å². The highest BCUT2D eigenvalue weighted by molar-refractivity contribution is 5.16. The maximum Gasteiger partial charge on any atom is 0.417 e. The molecule has 0 aromatic carbocycles. The van der Waals surface area contributed by atoms with Gasteiger partial charge in [-0.1, -0.05) is 0 Å². The number of nitrogens with zero attached hydrogens (tertiary/aromatic N) is 1. The molecule has 1 aromatic heterocycles. The Kier molecular flexibility index (Phi) is 5.10. The second-order valence-electron chi connectivity index (χ2n) is 4.89. The van der Waals surface area contributed by atoms with Gasteiger partial charge in [0.15, 0.2) is 0 Å². The van der Waals surface area contributed by atoms with Crippen molar-refractivity contribution < 1.29 is 26.7 Å². The monoisotopic (exact) mass is 310 g/mol. The summed E-state index contributed by atoms with van der Waals surface area (Å²) < 4.78 is 66.1. The van der Waals surface area contributed by atoms with Crippen LogP contribution < -0.4 is 5.32 Å². The van der Waals surface area contributed by atoms with Crippen LogP contribution in [0.25, 0.3) is 0 Å². The lowest BCUT2D eigenvalue weighted by molar-refractivity contribution is -0.165. The summed E-state index contributed by atoms with van der Waals surface area (Å²) in [5, 5.41) is 3.01. The first kappa shape index (κ1) is 16.1. The molecule has 1 aliphatic rings. The van der Waals surface area contributed by atoms with Gasteiger partial charge in [-0.05, 0) is 31.4 Å². The van der Waals surface area contributed by atoms with Crippen LogP contribution in [0.1, 0.15) is 30.5 Å². The molecule has 0 saturated heterocycles. The van der Waals surface area contributed by atoms with Crippen molar-refractivity contribution in [3.05, 3.63) is 29.6 Å². The second-order valence-corrected chi connectivity index (χ2v) is 4.89. The highest BCUT2D eigenvalue weighted by atomic mass is 19.4. The predicted molar refractivity (Wildman–Crippen MR) is 64.6 cm³/mol. The van der Waals surface area contributed by atoms with Crippen molar-refractivity contribution in [3.8, 4) is 0 Å². The zero-order valence-electron chi connectivity index (χ0n) is 11.0. The fourth-order valence-corrected chi connectivity index (χ4v) is 2.39. The van der Waals surface area contributed by atoms with Crippen molar-refractivity contribution >= 4 is 0 Å². The first-order valence-corrected chi connectivity index (χ1v) is 6.55. The summed E-state index contributed by atoms with van der Waals surface area (Å²) in [7, 11) is 0. The van der Waals surface area contributed by atoms with E-state index in [1.807, 2.05) is 0 Å².